The molecule has 1 atom stereocenters. The summed E-state index contributed by atoms with van der Waals surface area (Å²) >= 11 is 1.98. The van der Waals surface area contributed by atoms with E-state index in [9.17, 15) is 0 Å². The third-order valence-corrected chi connectivity index (χ3v) is 25.3. The van der Waals surface area contributed by atoms with Crippen LogP contribution in [-0.4, -0.2) is 13.4 Å². The number of thiophene rings is 1. The molecule has 21 rings (SSSR count). The standard InChI is InChI=1S/C97H72B2N4S/c1-95(2)79-51-29-56-84-90(79)99(94-89(95)75-47-16-22-57-85(75)104-94)81-53-19-20-54-82(81)102(84)72-44-27-43-71(60-72)101(68-39-13-8-14-40-68)69-41-24-33-64(59-69)63-32-23-34-65(58-63)97(5)87-76-48-25-30-62-31-26-49-77(86(62)76)92-91(87)98(93-88(97)74-46-15-17-50-78(74)96(93,3)4)80-52-18-21-55-83(80)103(92)73-45-28-42-70(61-73)100(66-35-9-6-10-36-66)67-37-11-7-12-38-67/h6-47,49-61H,48H2,1-5H3. The van der Waals surface area contributed by atoms with Gasteiger partial charge in [-0.25, -0.2) is 0 Å². The molecule has 2 aliphatic carbocycles. The molecule has 4 nitrogen and oxygen atoms in total. The number of allylic oxidation sites excluding steroid dienone is 3. The van der Waals surface area contributed by atoms with E-state index in [0.717, 1.165) is 57.5 Å². The number of anilines is 12. The summed E-state index contributed by atoms with van der Waals surface area (Å²) in [5.74, 6) is 0. The van der Waals surface area contributed by atoms with Crippen LogP contribution in [0.1, 0.15) is 79.1 Å². The van der Waals surface area contributed by atoms with E-state index in [-0.39, 0.29) is 24.3 Å². The molecular weight excluding hydrogens is 1270 g/mol. The summed E-state index contributed by atoms with van der Waals surface area (Å²) < 4.78 is 2.82. The van der Waals surface area contributed by atoms with Crippen molar-refractivity contribution in [2.24, 2.45) is 0 Å². The molecule has 1 aromatic heterocycles. The maximum absolute atomic E-state index is 2.65. The number of rotatable bonds is 10. The summed E-state index contributed by atoms with van der Waals surface area (Å²) in [6, 6.07) is 121. The van der Waals surface area contributed by atoms with Gasteiger partial charge in [-0.1, -0.05) is 252 Å². The minimum Gasteiger partial charge on any atom is -0.311 e. The van der Waals surface area contributed by atoms with Crippen LogP contribution in [0.2, 0.25) is 0 Å². The number of benzene rings is 14. The van der Waals surface area contributed by atoms with E-state index < -0.39 is 5.41 Å². The first-order valence-corrected chi connectivity index (χ1v) is 37.6. The summed E-state index contributed by atoms with van der Waals surface area (Å²) in [4.78, 5) is 10.0. The van der Waals surface area contributed by atoms with Crippen LogP contribution in [0.25, 0.3) is 43.6 Å². The minimum absolute atomic E-state index is 0.0362. The predicted octanol–water partition coefficient (Wildman–Crippen LogP) is 22.2. The van der Waals surface area contributed by atoms with E-state index >= 15 is 0 Å². The van der Waals surface area contributed by atoms with Crippen molar-refractivity contribution in [2.75, 3.05) is 19.6 Å². The highest BCUT2D eigenvalue weighted by Crippen LogP contribution is 2.63. The van der Waals surface area contributed by atoms with E-state index in [1.807, 2.05) is 11.3 Å². The molecule has 0 saturated carbocycles. The molecule has 104 heavy (non-hydrogen) atoms. The lowest BCUT2D eigenvalue weighted by atomic mass is 9.27. The molecule has 0 N–H and O–H groups in total. The van der Waals surface area contributed by atoms with Gasteiger partial charge in [0.2, 0.25) is 6.71 Å². The second-order valence-electron chi connectivity index (χ2n) is 30.3. The third kappa shape index (κ3) is 8.62. The van der Waals surface area contributed by atoms with Crippen LogP contribution in [0.5, 0.6) is 0 Å². The summed E-state index contributed by atoms with van der Waals surface area (Å²) in [6.45, 7) is 12.6. The minimum atomic E-state index is -0.635. The molecule has 14 aromatic carbocycles. The molecule has 0 spiro atoms. The van der Waals surface area contributed by atoms with Gasteiger partial charge < -0.3 is 19.6 Å². The summed E-state index contributed by atoms with van der Waals surface area (Å²) in [5.41, 5.74) is 34.4. The fraction of sp³-hybridized carbons (Fsp3) is 0.0928. The second-order valence-corrected chi connectivity index (χ2v) is 31.4. The summed E-state index contributed by atoms with van der Waals surface area (Å²) in [6.07, 6.45) is 5.64. The van der Waals surface area contributed by atoms with Gasteiger partial charge in [0.1, 0.15) is 0 Å². The average molecular weight is 1350 g/mol. The zero-order chi connectivity index (χ0) is 69.3. The Balaban J connectivity index is 0.740. The number of nitrogens with zero attached hydrogens (tertiary/aromatic N) is 4. The smallest absolute Gasteiger partial charge is 0.259 e. The topological polar surface area (TPSA) is 13.0 Å². The maximum Gasteiger partial charge on any atom is 0.259 e. The Hall–Kier alpha value is -11.9. The first-order chi connectivity index (χ1) is 51.0. The Morgan fingerprint density at radius 1 is 0.394 bits per heavy atom. The highest BCUT2D eigenvalue weighted by atomic mass is 32.1. The van der Waals surface area contributed by atoms with Gasteiger partial charge in [0.15, 0.2) is 0 Å². The van der Waals surface area contributed by atoms with Crippen molar-refractivity contribution < 1.29 is 0 Å². The zero-order valence-electron chi connectivity index (χ0n) is 58.8. The van der Waals surface area contributed by atoms with Gasteiger partial charge in [-0.3, -0.25) is 0 Å². The van der Waals surface area contributed by atoms with Crippen LogP contribution in [0, 0.1) is 0 Å². The van der Waals surface area contributed by atoms with Crippen LogP contribution >= 0.6 is 11.3 Å². The number of hydrogen-bond donors (Lipinski definition) is 0. The fourth-order valence-corrected chi connectivity index (χ4v) is 21.4. The predicted molar refractivity (Wildman–Crippen MR) is 444 cm³/mol. The van der Waals surface area contributed by atoms with Crippen molar-refractivity contribution in [3.8, 4) is 11.1 Å². The zero-order valence-corrected chi connectivity index (χ0v) is 59.6. The lowest BCUT2D eigenvalue weighted by Crippen LogP contribution is -2.63. The lowest BCUT2D eigenvalue weighted by molar-refractivity contribution is 0.654. The maximum atomic E-state index is 2.65. The summed E-state index contributed by atoms with van der Waals surface area (Å²) in [5, 5.41) is 4.01. The van der Waals surface area contributed by atoms with Crippen molar-refractivity contribution in [1.82, 2.24) is 0 Å². The van der Waals surface area contributed by atoms with E-state index in [2.05, 4.69) is 388 Å². The van der Waals surface area contributed by atoms with Crippen LogP contribution < -0.4 is 46.2 Å². The molecule has 15 aromatic rings. The Morgan fingerprint density at radius 3 is 1.62 bits per heavy atom. The highest BCUT2D eigenvalue weighted by molar-refractivity contribution is 7.32. The number of para-hydroxylation sites is 5. The van der Waals surface area contributed by atoms with E-state index in [1.165, 1.54) is 131 Å². The van der Waals surface area contributed by atoms with Crippen LogP contribution in [0.15, 0.2) is 333 Å². The molecule has 0 amide bonds. The molecule has 0 saturated heterocycles. The average Bonchev–Trinajstić information content (AvgIpc) is 1.40. The quantitative estimate of drug-likeness (QED) is 0.127. The molecule has 0 bridgehead atoms. The molecule has 6 aliphatic rings. The highest BCUT2D eigenvalue weighted by Gasteiger charge is 2.58. The van der Waals surface area contributed by atoms with E-state index in [1.54, 1.807) is 0 Å². The monoisotopic (exact) mass is 1350 g/mol. The van der Waals surface area contributed by atoms with Gasteiger partial charge in [0, 0.05) is 94.6 Å². The number of hydrogen-bond acceptors (Lipinski definition) is 5. The Labute approximate surface area is 613 Å². The SMILES string of the molecule is CC1(C)C2=C(c3ccccc31)C(C)(c1cccc(-c3cccc(N(c4ccccc4)c4cccc(N5c6ccccc6B6c7sc8ccccc8c7C(C)(C)c7cccc5c76)c4)c3)c1)c1c3c(c4cccc5c4c1CC=C5)N(c1cccc(N(c4ccccc4)c4ccccc4)c1)c1ccccc1B23. The largest absolute Gasteiger partial charge is 0.311 e. The Bertz CT molecular complexity index is 6130. The van der Waals surface area contributed by atoms with Gasteiger partial charge in [0.25, 0.3) is 6.71 Å². The van der Waals surface area contributed by atoms with Crippen LogP contribution in [-0.2, 0) is 22.7 Å². The Kier molecular flexibility index (Phi) is 13.3. The van der Waals surface area contributed by atoms with Gasteiger partial charge in [0.05, 0.1) is 0 Å². The van der Waals surface area contributed by atoms with Crippen molar-refractivity contribution >= 4 is 152 Å². The van der Waals surface area contributed by atoms with Crippen LogP contribution in [0.3, 0.4) is 0 Å². The van der Waals surface area contributed by atoms with Crippen molar-refractivity contribution in [1.29, 1.82) is 0 Å². The van der Waals surface area contributed by atoms with E-state index in [4.69, 9.17) is 0 Å². The molecule has 5 heterocycles. The normalized spacial score (nSPS) is 16.3. The van der Waals surface area contributed by atoms with Crippen molar-refractivity contribution in [3.05, 3.63) is 378 Å². The number of fused-ring (bicyclic) bond motifs is 13. The molecule has 7 heteroatoms. The second kappa shape index (κ2) is 22.8. The Morgan fingerprint density at radius 2 is 0.913 bits per heavy atom. The first-order valence-electron chi connectivity index (χ1n) is 36.8. The van der Waals surface area contributed by atoms with E-state index in [0.29, 0.717) is 0 Å². The van der Waals surface area contributed by atoms with Gasteiger partial charge in [-0.2, -0.15) is 0 Å². The fourth-order valence-electron chi connectivity index (χ4n) is 19.9. The van der Waals surface area contributed by atoms with Gasteiger partial charge in [-0.05, 0) is 227 Å². The molecule has 0 radical (unpaired) electrons. The van der Waals surface area contributed by atoms with Crippen molar-refractivity contribution in [2.45, 2.75) is 57.3 Å². The van der Waals surface area contributed by atoms with Crippen molar-refractivity contribution in [3.63, 3.8) is 0 Å². The van der Waals surface area contributed by atoms with Gasteiger partial charge >= 0.3 is 0 Å². The molecule has 4 aliphatic heterocycles. The first kappa shape index (κ1) is 60.8. The molecular formula is C97H72B2N4S. The molecule has 1 unspecified atom stereocenters. The van der Waals surface area contributed by atoms with Crippen LogP contribution in [0.4, 0.5) is 68.2 Å². The van der Waals surface area contributed by atoms with Gasteiger partial charge in [-0.15, -0.1) is 11.3 Å². The summed E-state index contributed by atoms with van der Waals surface area (Å²) in [7, 11) is 0. The lowest BCUT2D eigenvalue weighted by Gasteiger charge is -2.50. The third-order valence-electron chi connectivity index (χ3n) is 24.1. The molecule has 0 fully saturated rings. The molecule has 492 valence electrons.